The first-order valence-corrected chi connectivity index (χ1v) is 11.2. The molecule has 25 heavy (non-hydrogen) atoms. The van der Waals surface area contributed by atoms with Gasteiger partial charge in [-0.1, -0.05) is 11.8 Å². The number of carbonyl (C=O) groups is 1. The molecule has 0 radical (unpaired) electrons. The Morgan fingerprint density at radius 3 is 2.68 bits per heavy atom. The van der Waals surface area contributed by atoms with Crippen molar-refractivity contribution in [1.29, 1.82) is 0 Å². The van der Waals surface area contributed by atoms with Gasteiger partial charge >= 0.3 is 0 Å². The Hall–Kier alpha value is -1.14. The molecule has 0 aliphatic heterocycles. The standard InChI is InChI=1S/C19H25N3OS2/c1-3-22(4-2)15(23)11-24-18-16-13-7-5-6-8-14(13)25-19(16)21-17(20-18)12-9-10-12/h12H,3-11H2,1-2H3. The normalized spacial score (nSPS) is 16.9. The van der Waals surface area contributed by atoms with E-state index in [9.17, 15) is 4.79 Å². The summed E-state index contributed by atoms with van der Waals surface area (Å²) in [6.45, 7) is 5.62. The first kappa shape index (κ1) is 17.3. The van der Waals surface area contributed by atoms with E-state index in [1.54, 1.807) is 11.8 Å². The van der Waals surface area contributed by atoms with Crippen molar-refractivity contribution in [3.05, 3.63) is 16.3 Å². The second kappa shape index (κ2) is 7.23. The third kappa shape index (κ3) is 3.43. The average Bonchev–Trinajstić information content (AvgIpc) is 3.41. The molecular formula is C19H25N3OS2. The summed E-state index contributed by atoms with van der Waals surface area (Å²) in [7, 11) is 0. The van der Waals surface area contributed by atoms with Crippen LogP contribution in [0.2, 0.25) is 0 Å². The predicted molar refractivity (Wildman–Crippen MR) is 105 cm³/mol. The second-order valence-electron chi connectivity index (χ2n) is 6.91. The first-order valence-electron chi connectivity index (χ1n) is 9.44. The van der Waals surface area contributed by atoms with Gasteiger partial charge in [-0.25, -0.2) is 9.97 Å². The van der Waals surface area contributed by atoms with Crippen LogP contribution in [0.25, 0.3) is 10.2 Å². The van der Waals surface area contributed by atoms with Crippen molar-refractivity contribution in [3.63, 3.8) is 0 Å². The quantitative estimate of drug-likeness (QED) is 0.554. The van der Waals surface area contributed by atoms with E-state index >= 15 is 0 Å². The van der Waals surface area contributed by atoms with Gasteiger partial charge in [0.15, 0.2) is 0 Å². The number of thiophene rings is 1. The maximum absolute atomic E-state index is 12.4. The van der Waals surface area contributed by atoms with Crippen molar-refractivity contribution in [3.8, 4) is 0 Å². The Morgan fingerprint density at radius 2 is 1.96 bits per heavy atom. The number of fused-ring (bicyclic) bond motifs is 3. The highest BCUT2D eigenvalue weighted by Gasteiger charge is 2.29. The minimum Gasteiger partial charge on any atom is -0.343 e. The highest BCUT2D eigenvalue weighted by Crippen LogP contribution is 2.43. The number of amides is 1. The molecule has 0 bridgehead atoms. The summed E-state index contributed by atoms with van der Waals surface area (Å²) in [6.07, 6.45) is 7.27. The Kier molecular flexibility index (Phi) is 5.00. The zero-order valence-corrected chi connectivity index (χ0v) is 16.6. The Morgan fingerprint density at radius 1 is 1.20 bits per heavy atom. The zero-order valence-electron chi connectivity index (χ0n) is 15.0. The average molecular weight is 376 g/mol. The van der Waals surface area contributed by atoms with Crippen LogP contribution in [0.15, 0.2) is 5.03 Å². The van der Waals surface area contributed by atoms with Gasteiger partial charge < -0.3 is 4.90 Å². The summed E-state index contributed by atoms with van der Waals surface area (Å²) in [5.41, 5.74) is 1.46. The van der Waals surface area contributed by atoms with Crippen LogP contribution in [0.4, 0.5) is 0 Å². The topological polar surface area (TPSA) is 46.1 Å². The molecular weight excluding hydrogens is 350 g/mol. The number of aryl methyl sites for hydroxylation is 2. The van der Waals surface area contributed by atoms with Crippen LogP contribution >= 0.6 is 23.1 Å². The fourth-order valence-corrected chi connectivity index (χ4v) is 5.86. The minimum absolute atomic E-state index is 0.207. The van der Waals surface area contributed by atoms with E-state index in [2.05, 4.69) is 0 Å². The van der Waals surface area contributed by atoms with Crippen LogP contribution in [0, 0.1) is 0 Å². The maximum Gasteiger partial charge on any atom is 0.232 e. The Bertz CT molecular complexity index is 794. The predicted octanol–water partition coefficient (Wildman–Crippen LogP) is 4.41. The van der Waals surface area contributed by atoms with Gasteiger partial charge in [-0.2, -0.15) is 0 Å². The fourth-order valence-electron chi connectivity index (χ4n) is 3.57. The monoisotopic (exact) mass is 375 g/mol. The van der Waals surface area contributed by atoms with Crippen LogP contribution in [0.5, 0.6) is 0 Å². The maximum atomic E-state index is 12.4. The number of carbonyl (C=O) groups excluding carboxylic acids is 1. The number of hydrogen-bond acceptors (Lipinski definition) is 5. The summed E-state index contributed by atoms with van der Waals surface area (Å²) in [6, 6.07) is 0. The van der Waals surface area contributed by atoms with Crippen molar-refractivity contribution in [2.75, 3.05) is 18.8 Å². The minimum atomic E-state index is 0.207. The van der Waals surface area contributed by atoms with Gasteiger partial charge in [-0.05, 0) is 57.9 Å². The van der Waals surface area contributed by atoms with E-state index in [1.165, 1.54) is 47.9 Å². The summed E-state index contributed by atoms with van der Waals surface area (Å²) < 4.78 is 0. The summed E-state index contributed by atoms with van der Waals surface area (Å²) >= 11 is 3.48. The lowest BCUT2D eigenvalue weighted by Crippen LogP contribution is -2.31. The van der Waals surface area contributed by atoms with Crippen molar-refractivity contribution >= 4 is 39.2 Å². The van der Waals surface area contributed by atoms with Gasteiger partial charge in [0.05, 0.1) is 5.75 Å². The first-order chi connectivity index (χ1) is 12.2. The van der Waals surface area contributed by atoms with E-state index in [1.807, 2.05) is 30.1 Å². The number of rotatable bonds is 6. The van der Waals surface area contributed by atoms with Crippen LogP contribution in [-0.4, -0.2) is 39.6 Å². The third-order valence-electron chi connectivity index (χ3n) is 5.19. The SMILES string of the molecule is CCN(CC)C(=O)CSc1nc(C2CC2)nc2sc3c(c12)CCCC3. The number of thioether (sulfide) groups is 1. The van der Waals surface area contributed by atoms with E-state index < -0.39 is 0 Å². The summed E-state index contributed by atoms with van der Waals surface area (Å²) in [4.78, 5) is 26.8. The van der Waals surface area contributed by atoms with Crippen molar-refractivity contribution < 1.29 is 4.79 Å². The second-order valence-corrected chi connectivity index (χ2v) is 8.95. The summed E-state index contributed by atoms with van der Waals surface area (Å²) in [5, 5.41) is 2.30. The van der Waals surface area contributed by atoms with Crippen LogP contribution in [0.3, 0.4) is 0 Å². The Labute approximate surface area is 157 Å². The van der Waals surface area contributed by atoms with Crippen molar-refractivity contribution in [2.45, 2.75) is 63.3 Å². The van der Waals surface area contributed by atoms with E-state index in [-0.39, 0.29) is 5.91 Å². The molecule has 4 rings (SSSR count). The molecule has 0 aromatic carbocycles. The number of nitrogens with zero attached hydrogens (tertiary/aromatic N) is 3. The molecule has 0 N–H and O–H groups in total. The molecule has 2 heterocycles. The number of hydrogen-bond donors (Lipinski definition) is 0. The van der Waals surface area contributed by atoms with E-state index in [0.29, 0.717) is 11.7 Å². The highest BCUT2D eigenvalue weighted by molar-refractivity contribution is 8.00. The highest BCUT2D eigenvalue weighted by atomic mass is 32.2. The van der Waals surface area contributed by atoms with Crippen molar-refractivity contribution in [2.24, 2.45) is 0 Å². The molecule has 4 nitrogen and oxygen atoms in total. The molecule has 2 aromatic rings. The van der Waals surface area contributed by atoms with Gasteiger partial charge in [-0.3, -0.25) is 4.79 Å². The molecule has 0 atom stereocenters. The van der Waals surface area contributed by atoms with Gasteiger partial charge in [0.2, 0.25) is 5.91 Å². The van der Waals surface area contributed by atoms with Crippen LogP contribution in [0.1, 0.15) is 61.7 Å². The molecule has 1 saturated carbocycles. The molecule has 1 fully saturated rings. The van der Waals surface area contributed by atoms with Crippen molar-refractivity contribution in [1.82, 2.24) is 14.9 Å². The zero-order chi connectivity index (χ0) is 17.4. The van der Waals surface area contributed by atoms with E-state index in [4.69, 9.17) is 9.97 Å². The molecule has 0 spiro atoms. The Balaban J connectivity index is 1.68. The van der Waals surface area contributed by atoms with Crippen LogP contribution in [-0.2, 0) is 17.6 Å². The lowest BCUT2D eigenvalue weighted by atomic mass is 9.97. The fraction of sp³-hybridized carbons (Fsp3) is 0.632. The third-order valence-corrected chi connectivity index (χ3v) is 7.34. The molecule has 134 valence electrons. The molecule has 2 aliphatic rings. The lowest BCUT2D eigenvalue weighted by Gasteiger charge is -2.18. The molecule has 2 aliphatic carbocycles. The molecule has 0 saturated heterocycles. The molecule has 2 aromatic heterocycles. The largest absolute Gasteiger partial charge is 0.343 e. The van der Waals surface area contributed by atoms with Gasteiger partial charge in [0.1, 0.15) is 15.7 Å². The smallest absolute Gasteiger partial charge is 0.232 e. The van der Waals surface area contributed by atoms with Gasteiger partial charge in [-0.15, -0.1) is 11.3 Å². The molecule has 1 amide bonds. The lowest BCUT2D eigenvalue weighted by molar-refractivity contribution is -0.127. The summed E-state index contributed by atoms with van der Waals surface area (Å²) in [5.74, 6) is 2.23. The molecule has 0 unspecified atom stereocenters. The van der Waals surface area contributed by atoms with Gasteiger partial charge in [0, 0.05) is 29.3 Å². The molecule has 6 heteroatoms. The van der Waals surface area contributed by atoms with Gasteiger partial charge in [0.25, 0.3) is 0 Å². The van der Waals surface area contributed by atoms with Crippen LogP contribution < -0.4 is 0 Å². The van der Waals surface area contributed by atoms with E-state index in [0.717, 1.165) is 35.2 Å². The number of aromatic nitrogens is 2.